The molecule has 0 spiro atoms. The summed E-state index contributed by atoms with van der Waals surface area (Å²) in [5.41, 5.74) is 5.33. The molecule has 0 bridgehead atoms. The maximum Gasteiger partial charge on any atom is 0.246 e. The number of nitrogens with one attached hydrogen (secondary N) is 1. The lowest BCUT2D eigenvalue weighted by Crippen LogP contribution is -2.32. The standard InChI is InChI=1S/C36H68N2O14/c37-8-10-40-12-14-42-16-18-44-20-22-46-24-26-48-28-30-50-32-33-51-31-29-49-27-25-47-23-21-45-19-17-43-15-13-41-11-9-38-36(39)34-52-35-6-4-2-1-3-5-7-35/h35H,1-4,6,8-34,37H2,(H,38,39). The summed E-state index contributed by atoms with van der Waals surface area (Å²) >= 11 is 0. The third-order valence-corrected chi connectivity index (χ3v) is 6.87. The van der Waals surface area contributed by atoms with Crippen molar-refractivity contribution < 1.29 is 66.4 Å². The molecule has 1 aliphatic carbocycles. The van der Waals surface area contributed by atoms with E-state index in [9.17, 15) is 4.79 Å². The summed E-state index contributed by atoms with van der Waals surface area (Å²) in [6.45, 7) is 12.9. The minimum Gasteiger partial charge on any atom is -0.378 e. The Balaban J connectivity index is 1.64. The van der Waals surface area contributed by atoms with Crippen molar-refractivity contribution >= 4 is 5.91 Å². The largest absolute Gasteiger partial charge is 0.378 e. The Morgan fingerprint density at radius 1 is 0.481 bits per heavy atom. The number of amides is 1. The molecule has 1 atom stereocenters. The van der Waals surface area contributed by atoms with Crippen molar-refractivity contribution in [1.29, 1.82) is 0 Å². The highest BCUT2D eigenvalue weighted by Gasteiger charge is 2.10. The second-order valence-corrected chi connectivity index (χ2v) is 11.2. The Morgan fingerprint density at radius 3 is 1.19 bits per heavy atom. The summed E-state index contributed by atoms with van der Waals surface area (Å²) in [4.78, 5) is 11.9. The molecule has 0 saturated carbocycles. The fourth-order valence-corrected chi connectivity index (χ4v) is 4.20. The molecule has 16 nitrogen and oxygen atoms in total. The van der Waals surface area contributed by atoms with E-state index < -0.39 is 0 Å². The van der Waals surface area contributed by atoms with E-state index in [1.54, 1.807) is 0 Å². The molecule has 1 rings (SSSR count). The SMILES string of the molecule is NCCOCCOCCOCCOCCOCCOCCOCCOCCOCCOCCOCCOCCNC(=O)COC1C#CCCCCC1. The van der Waals surface area contributed by atoms with Gasteiger partial charge in [-0.15, -0.1) is 5.92 Å². The van der Waals surface area contributed by atoms with E-state index in [0.717, 1.165) is 25.7 Å². The zero-order valence-corrected chi connectivity index (χ0v) is 31.5. The van der Waals surface area contributed by atoms with E-state index >= 15 is 0 Å². The molecule has 0 saturated heterocycles. The van der Waals surface area contributed by atoms with Gasteiger partial charge in [-0.3, -0.25) is 4.79 Å². The fraction of sp³-hybridized carbons (Fsp3) is 0.917. The predicted octanol–water partition coefficient (Wildman–Crippen LogP) is 0.613. The lowest BCUT2D eigenvalue weighted by Gasteiger charge is -2.13. The molecule has 3 N–H and O–H groups in total. The van der Waals surface area contributed by atoms with Crippen LogP contribution in [-0.4, -0.2) is 190 Å². The van der Waals surface area contributed by atoms with E-state index in [0.29, 0.717) is 172 Å². The van der Waals surface area contributed by atoms with Gasteiger partial charge in [0.05, 0.1) is 159 Å². The van der Waals surface area contributed by atoms with Crippen LogP contribution in [0.3, 0.4) is 0 Å². The summed E-state index contributed by atoms with van der Waals surface area (Å²) in [6, 6.07) is 0. The molecule has 52 heavy (non-hydrogen) atoms. The van der Waals surface area contributed by atoms with Gasteiger partial charge in [-0.1, -0.05) is 12.3 Å². The molecule has 0 aromatic carbocycles. The van der Waals surface area contributed by atoms with Crippen LogP contribution in [-0.2, 0) is 66.4 Å². The molecule has 16 heteroatoms. The van der Waals surface area contributed by atoms with Crippen molar-refractivity contribution in [2.24, 2.45) is 5.73 Å². The third-order valence-electron chi connectivity index (χ3n) is 6.87. The van der Waals surface area contributed by atoms with Crippen LogP contribution in [0.15, 0.2) is 0 Å². The highest BCUT2D eigenvalue weighted by atomic mass is 16.6. The van der Waals surface area contributed by atoms with Crippen molar-refractivity contribution in [3.8, 4) is 11.8 Å². The van der Waals surface area contributed by atoms with Gasteiger partial charge in [0, 0.05) is 19.5 Å². The maximum atomic E-state index is 11.9. The number of carbonyl (C=O) groups is 1. The second kappa shape index (κ2) is 42.2. The van der Waals surface area contributed by atoms with E-state index in [-0.39, 0.29) is 18.6 Å². The minimum atomic E-state index is -0.156. The summed E-state index contributed by atoms with van der Waals surface area (Å²) in [5, 5.41) is 2.79. The molecule has 1 unspecified atom stereocenters. The van der Waals surface area contributed by atoms with Crippen LogP contribution in [0.4, 0.5) is 0 Å². The maximum absolute atomic E-state index is 11.9. The monoisotopic (exact) mass is 752 g/mol. The van der Waals surface area contributed by atoms with E-state index in [4.69, 9.17) is 67.3 Å². The van der Waals surface area contributed by atoms with Crippen LogP contribution in [0.25, 0.3) is 0 Å². The van der Waals surface area contributed by atoms with Crippen molar-refractivity contribution in [3.63, 3.8) is 0 Å². The third kappa shape index (κ3) is 38.2. The number of rotatable bonds is 41. The summed E-state index contributed by atoms with van der Waals surface area (Å²) < 4.78 is 70.9. The van der Waals surface area contributed by atoms with Gasteiger partial charge in [0.1, 0.15) is 12.7 Å². The number of carbonyl (C=O) groups excluding carboxylic acids is 1. The summed E-state index contributed by atoms with van der Waals surface area (Å²) in [6.07, 6.45) is 5.05. The number of hydrogen-bond acceptors (Lipinski definition) is 15. The van der Waals surface area contributed by atoms with Crippen LogP contribution in [0.1, 0.15) is 32.1 Å². The Morgan fingerprint density at radius 2 is 0.827 bits per heavy atom. The first kappa shape index (κ1) is 48.5. The van der Waals surface area contributed by atoms with Crippen LogP contribution >= 0.6 is 0 Å². The molecule has 1 aliphatic rings. The fourth-order valence-electron chi connectivity index (χ4n) is 4.20. The van der Waals surface area contributed by atoms with Gasteiger partial charge in [-0.2, -0.15) is 0 Å². The Labute approximate surface area is 311 Å². The van der Waals surface area contributed by atoms with E-state index in [1.165, 1.54) is 6.42 Å². The molecule has 1 amide bonds. The normalized spacial score (nSPS) is 14.5. The summed E-state index contributed by atoms with van der Waals surface area (Å²) in [5.74, 6) is 6.05. The van der Waals surface area contributed by atoms with Gasteiger partial charge < -0.3 is 72.6 Å². The molecule has 0 heterocycles. The first-order valence-corrected chi connectivity index (χ1v) is 18.8. The average Bonchev–Trinajstić information content (AvgIpc) is 3.14. The molecule has 0 aromatic rings. The molecule has 0 aromatic heterocycles. The zero-order valence-electron chi connectivity index (χ0n) is 31.5. The van der Waals surface area contributed by atoms with E-state index in [1.807, 2.05) is 0 Å². The summed E-state index contributed by atoms with van der Waals surface area (Å²) in [7, 11) is 0. The molecule has 0 fully saturated rings. The molecule has 306 valence electrons. The lowest BCUT2D eigenvalue weighted by atomic mass is 10.1. The van der Waals surface area contributed by atoms with Crippen LogP contribution < -0.4 is 11.1 Å². The van der Waals surface area contributed by atoms with Gasteiger partial charge >= 0.3 is 0 Å². The molecular weight excluding hydrogens is 684 g/mol. The van der Waals surface area contributed by atoms with Crippen LogP contribution in [0.2, 0.25) is 0 Å². The van der Waals surface area contributed by atoms with Gasteiger partial charge in [-0.25, -0.2) is 0 Å². The molecule has 0 radical (unpaired) electrons. The lowest BCUT2D eigenvalue weighted by molar-refractivity contribution is -0.127. The van der Waals surface area contributed by atoms with Gasteiger partial charge in [0.25, 0.3) is 0 Å². The average molecular weight is 753 g/mol. The number of nitrogens with two attached hydrogens (primary N) is 1. The minimum absolute atomic E-state index is 0.0238. The van der Waals surface area contributed by atoms with Crippen molar-refractivity contribution in [2.45, 2.75) is 38.2 Å². The van der Waals surface area contributed by atoms with Gasteiger partial charge in [0.2, 0.25) is 5.91 Å². The van der Waals surface area contributed by atoms with Gasteiger partial charge in [-0.05, 0) is 19.3 Å². The Kier molecular flexibility index (Phi) is 39.4. The zero-order chi connectivity index (χ0) is 37.1. The van der Waals surface area contributed by atoms with Crippen LogP contribution in [0, 0.1) is 11.8 Å². The van der Waals surface area contributed by atoms with Crippen molar-refractivity contribution in [2.75, 3.05) is 178 Å². The quantitative estimate of drug-likeness (QED) is 0.0657. The van der Waals surface area contributed by atoms with Gasteiger partial charge in [0.15, 0.2) is 0 Å². The highest BCUT2D eigenvalue weighted by molar-refractivity contribution is 5.77. The first-order chi connectivity index (χ1) is 25.8. The Bertz CT molecular complexity index is 805. The smallest absolute Gasteiger partial charge is 0.246 e. The van der Waals surface area contributed by atoms with E-state index in [2.05, 4.69) is 17.2 Å². The van der Waals surface area contributed by atoms with Crippen molar-refractivity contribution in [3.05, 3.63) is 0 Å². The number of hydrogen-bond donors (Lipinski definition) is 2. The van der Waals surface area contributed by atoms with Crippen LogP contribution in [0.5, 0.6) is 0 Å². The predicted molar refractivity (Wildman–Crippen MR) is 192 cm³/mol. The molecular formula is C36H68N2O14. The number of ether oxygens (including phenoxy) is 13. The van der Waals surface area contributed by atoms with Crippen molar-refractivity contribution in [1.82, 2.24) is 5.32 Å². The first-order valence-electron chi connectivity index (χ1n) is 18.8. The topological polar surface area (TPSA) is 175 Å². The molecule has 0 aliphatic heterocycles. The Hall–Kier alpha value is -1.53. The second-order valence-electron chi connectivity index (χ2n) is 11.2. The highest BCUT2D eigenvalue weighted by Crippen LogP contribution is 2.10.